The van der Waals surface area contributed by atoms with Crippen molar-refractivity contribution >= 4 is 5.97 Å². The van der Waals surface area contributed by atoms with Gasteiger partial charge in [0.1, 0.15) is 0 Å². The molecule has 1 aliphatic rings. The molecule has 0 aliphatic heterocycles. The molecular weight excluding hydrogens is 256 g/mol. The Morgan fingerprint density at radius 2 is 2.05 bits per heavy atom. The van der Waals surface area contributed by atoms with Crippen LogP contribution in [-0.4, -0.2) is 31.6 Å². The number of carboxylic acids is 1. The van der Waals surface area contributed by atoms with Gasteiger partial charge in [-0.1, -0.05) is 24.3 Å². The molecule has 2 N–H and O–H groups in total. The standard InChI is InChI=1S/C15H16N2O3/c1-15(20,14(18)19)9-17-8-11-7-6-10-4-2-3-5-12(10)13(11)16-17/h2-5,8,20H,6-7,9H2,1H3,(H,18,19). The van der Waals surface area contributed by atoms with Crippen molar-refractivity contribution in [2.75, 3.05) is 0 Å². The summed E-state index contributed by atoms with van der Waals surface area (Å²) in [5.74, 6) is -1.24. The summed E-state index contributed by atoms with van der Waals surface area (Å²) in [5.41, 5.74) is 2.55. The fraction of sp³-hybridized carbons (Fsp3) is 0.333. The van der Waals surface area contributed by atoms with Crippen molar-refractivity contribution in [3.63, 3.8) is 0 Å². The third-order valence-corrected chi connectivity index (χ3v) is 3.70. The van der Waals surface area contributed by atoms with Crippen molar-refractivity contribution in [3.05, 3.63) is 41.6 Å². The lowest BCUT2D eigenvalue weighted by Gasteiger charge is -2.17. The maximum atomic E-state index is 11.0. The Morgan fingerprint density at radius 3 is 2.80 bits per heavy atom. The van der Waals surface area contributed by atoms with Crippen LogP contribution in [-0.2, 0) is 24.2 Å². The molecule has 0 saturated heterocycles. The Kier molecular flexibility index (Phi) is 2.87. The summed E-state index contributed by atoms with van der Waals surface area (Å²) in [7, 11) is 0. The number of nitrogens with zero attached hydrogens (tertiary/aromatic N) is 2. The number of aryl methyl sites for hydroxylation is 2. The van der Waals surface area contributed by atoms with E-state index in [4.69, 9.17) is 5.11 Å². The van der Waals surface area contributed by atoms with Gasteiger partial charge in [0.05, 0.1) is 12.2 Å². The minimum absolute atomic E-state index is 0.0580. The van der Waals surface area contributed by atoms with E-state index in [2.05, 4.69) is 11.2 Å². The molecule has 1 aromatic heterocycles. The summed E-state index contributed by atoms with van der Waals surface area (Å²) in [6, 6.07) is 8.10. The highest BCUT2D eigenvalue weighted by molar-refractivity contribution is 5.76. The Hall–Kier alpha value is -2.14. The van der Waals surface area contributed by atoms with E-state index in [9.17, 15) is 9.90 Å². The highest BCUT2D eigenvalue weighted by Crippen LogP contribution is 2.32. The lowest BCUT2D eigenvalue weighted by molar-refractivity contribution is -0.158. The van der Waals surface area contributed by atoms with Gasteiger partial charge in [0.2, 0.25) is 0 Å². The van der Waals surface area contributed by atoms with Gasteiger partial charge in [-0.15, -0.1) is 0 Å². The number of carboxylic acid groups (broad SMARTS) is 1. The summed E-state index contributed by atoms with van der Waals surface area (Å²) in [6.45, 7) is 1.22. The second-order valence-electron chi connectivity index (χ2n) is 5.44. The molecule has 0 bridgehead atoms. The SMILES string of the molecule is CC(O)(Cn1cc2c(n1)-c1ccccc1CC2)C(=O)O. The number of hydrogen-bond donors (Lipinski definition) is 2. The number of benzene rings is 1. The molecule has 0 amide bonds. The Balaban J connectivity index is 1.97. The van der Waals surface area contributed by atoms with Crippen molar-refractivity contribution in [1.82, 2.24) is 9.78 Å². The molecule has 104 valence electrons. The average Bonchev–Trinajstić information content (AvgIpc) is 2.80. The van der Waals surface area contributed by atoms with E-state index in [0.717, 1.165) is 29.7 Å². The van der Waals surface area contributed by atoms with E-state index in [0.29, 0.717) is 0 Å². The molecule has 5 nitrogen and oxygen atoms in total. The van der Waals surface area contributed by atoms with Gasteiger partial charge in [0.25, 0.3) is 0 Å². The molecule has 3 rings (SSSR count). The minimum Gasteiger partial charge on any atom is -0.479 e. The van der Waals surface area contributed by atoms with Crippen LogP contribution in [0, 0.1) is 0 Å². The molecule has 1 unspecified atom stereocenters. The number of hydrogen-bond acceptors (Lipinski definition) is 3. The lowest BCUT2D eigenvalue weighted by Crippen LogP contribution is -2.39. The summed E-state index contributed by atoms with van der Waals surface area (Å²) >= 11 is 0. The van der Waals surface area contributed by atoms with Crippen molar-refractivity contribution in [2.24, 2.45) is 0 Å². The first-order chi connectivity index (χ1) is 9.47. The monoisotopic (exact) mass is 272 g/mol. The van der Waals surface area contributed by atoms with Crippen molar-refractivity contribution in [2.45, 2.75) is 31.9 Å². The predicted octanol–water partition coefficient (Wildman–Crippen LogP) is 1.48. The van der Waals surface area contributed by atoms with E-state index in [-0.39, 0.29) is 6.54 Å². The zero-order valence-electron chi connectivity index (χ0n) is 11.2. The smallest absolute Gasteiger partial charge is 0.337 e. The van der Waals surface area contributed by atoms with E-state index in [1.54, 1.807) is 0 Å². The first-order valence-corrected chi connectivity index (χ1v) is 6.58. The molecule has 1 aliphatic carbocycles. The van der Waals surface area contributed by atoms with Crippen LogP contribution in [0.3, 0.4) is 0 Å². The second-order valence-corrected chi connectivity index (χ2v) is 5.44. The Morgan fingerprint density at radius 1 is 1.35 bits per heavy atom. The third-order valence-electron chi connectivity index (χ3n) is 3.70. The van der Waals surface area contributed by atoms with Crippen LogP contribution in [0.4, 0.5) is 0 Å². The van der Waals surface area contributed by atoms with Crippen molar-refractivity contribution in [1.29, 1.82) is 0 Å². The molecule has 0 radical (unpaired) electrons. The maximum absolute atomic E-state index is 11.0. The topological polar surface area (TPSA) is 75.3 Å². The quantitative estimate of drug-likeness (QED) is 0.887. The van der Waals surface area contributed by atoms with Crippen LogP contribution in [0.15, 0.2) is 30.5 Å². The van der Waals surface area contributed by atoms with E-state index in [1.165, 1.54) is 17.2 Å². The zero-order chi connectivity index (χ0) is 14.3. The van der Waals surface area contributed by atoms with Crippen LogP contribution < -0.4 is 0 Å². The van der Waals surface area contributed by atoms with E-state index >= 15 is 0 Å². The number of aliphatic carboxylic acids is 1. The van der Waals surface area contributed by atoms with Crippen molar-refractivity contribution in [3.8, 4) is 11.3 Å². The largest absolute Gasteiger partial charge is 0.479 e. The Labute approximate surface area is 116 Å². The molecule has 2 aromatic rings. The fourth-order valence-electron chi connectivity index (χ4n) is 2.58. The number of aliphatic hydroxyl groups is 1. The third kappa shape index (κ3) is 2.10. The summed E-state index contributed by atoms with van der Waals surface area (Å²) in [6.07, 6.45) is 3.69. The van der Waals surface area contributed by atoms with Gasteiger partial charge in [0.15, 0.2) is 5.60 Å². The maximum Gasteiger partial charge on any atom is 0.337 e. The average molecular weight is 272 g/mol. The molecule has 1 atom stereocenters. The van der Waals surface area contributed by atoms with Crippen LogP contribution >= 0.6 is 0 Å². The highest BCUT2D eigenvalue weighted by atomic mass is 16.4. The molecule has 0 saturated carbocycles. The van der Waals surface area contributed by atoms with Gasteiger partial charge in [0, 0.05) is 11.8 Å². The normalized spacial score (nSPS) is 16.1. The fourth-order valence-corrected chi connectivity index (χ4v) is 2.58. The van der Waals surface area contributed by atoms with E-state index in [1.807, 2.05) is 24.4 Å². The minimum atomic E-state index is -1.81. The molecule has 5 heteroatoms. The molecule has 1 heterocycles. The van der Waals surface area contributed by atoms with E-state index < -0.39 is 11.6 Å². The molecule has 20 heavy (non-hydrogen) atoms. The van der Waals surface area contributed by atoms with Crippen LogP contribution in [0.5, 0.6) is 0 Å². The number of carbonyl (C=O) groups is 1. The highest BCUT2D eigenvalue weighted by Gasteiger charge is 2.31. The number of aromatic nitrogens is 2. The summed E-state index contributed by atoms with van der Waals surface area (Å²) in [4.78, 5) is 11.0. The van der Waals surface area contributed by atoms with Gasteiger partial charge in [-0.05, 0) is 30.9 Å². The molecule has 1 aromatic carbocycles. The molecular formula is C15H16N2O3. The second kappa shape index (κ2) is 4.45. The zero-order valence-corrected chi connectivity index (χ0v) is 11.2. The van der Waals surface area contributed by atoms with Crippen LogP contribution in [0.2, 0.25) is 0 Å². The summed E-state index contributed by atoms with van der Waals surface area (Å²) < 4.78 is 1.53. The first-order valence-electron chi connectivity index (χ1n) is 6.58. The van der Waals surface area contributed by atoms with Gasteiger partial charge in [-0.25, -0.2) is 4.79 Å². The van der Waals surface area contributed by atoms with Gasteiger partial charge in [-0.3, -0.25) is 4.68 Å². The predicted molar refractivity (Wildman–Crippen MR) is 73.3 cm³/mol. The lowest BCUT2D eigenvalue weighted by atomic mass is 9.91. The Bertz CT molecular complexity index is 674. The van der Waals surface area contributed by atoms with Gasteiger partial charge < -0.3 is 10.2 Å². The molecule has 0 fully saturated rings. The number of fused-ring (bicyclic) bond motifs is 3. The van der Waals surface area contributed by atoms with Gasteiger partial charge in [-0.2, -0.15) is 5.10 Å². The first kappa shape index (κ1) is 12.9. The van der Waals surface area contributed by atoms with Gasteiger partial charge >= 0.3 is 5.97 Å². The summed E-state index contributed by atoms with van der Waals surface area (Å²) in [5, 5.41) is 23.3. The van der Waals surface area contributed by atoms with Crippen LogP contribution in [0.25, 0.3) is 11.3 Å². The van der Waals surface area contributed by atoms with Crippen LogP contribution in [0.1, 0.15) is 18.1 Å². The molecule has 0 spiro atoms. The number of rotatable bonds is 3. The van der Waals surface area contributed by atoms with Crippen molar-refractivity contribution < 1.29 is 15.0 Å².